The number of allylic oxidation sites excluding steroid dienone is 1. The van der Waals surface area contributed by atoms with Gasteiger partial charge in [-0.2, -0.15) is 0 Å². The molecule has 0 aliphatic carbocycles. The van der Waals surface area contributed by atoms with Crippen LogP contribution < -0.4 is 10.2 Å². The van der Waals surface area contributed by atoms with Crippen molar-refractivity contribution in [3.05, 3.63) is 75.9 Å². The van der Waals surface area contributed by atoms with Gasteiger partial charge in [-0.3, -0.25) is 4.90 Å². The Morgan fingerprint density at radius 1 is 1.05 bits per heavy atom. The van der Waals surface area contributed by atoms with Crippen LogP contribution in [0.2, 0.25) is 10.0 Å². The number of nitrogens with zero attached hydrogens (tertiary/aromatic N) is 1. The van der Waals surface area contributed by atoms with Crippen LogP contribution in [0.1, 0.15) is 18.5 Å². The minimum Gasteiger partial charge on any atom is -0.327 e. The number of hydrogen-bond acceptors (Lipinski definition) is 1. The Labute approximate surface area is 139 Å². The summed E-state index contributed by atoms with van der Waals surface area (Å²) in [7, 11) is 0. The molecule has 3 rings (SSSR count). The molecule has 1 aliphatic heterocycles. The Kier molecular flexibility index (Phi) is 4.10. The minimum atomic E-state index is -0.224. The van der Waals surface area contributed by atoms with Gasteiger partial charge < -0.3 is 5.32 Å². The number of amides is 2. The third-order valence-corrected chi connectivity index (χ3v) is 4.38. The average Bonchev–Trinajstić information content (AvgIpc) is 2.51. The molecule has 3 nitrogen and oxygen atoms in total. The van der Waals surface area contributed by atoms with Gasteiger partial charge >= 0.3 is 6.03 Å². The van der Waals surface area contributed by atoms with Crippen LogP contribution in [-0.4, -0.2) is 6.03 Å². The fourth-order valence-corrected chi connectivity index (χ4v) is 2.90. The maximum absolute atomic E-state index is 12.5. The molecular weight excluding hydrogens is 319 g/mol. The molecule has 0 radical (unpaired) electrons. The quantitative estimate of drug-likeness (QED) is 0.808. The highest BCUT2D eigenvalue weighted by Crippen LogP contribution is 2.36. The lowest BCUT2D eigenvalue weighted by Gasteiger charge is -2.32. The van der Waals surface area contributed by atoms with Crippen LogP contribution in [0.3, 0.4) is 0 Å². The van der Waals surface area contributed by atoms with Gasteiger partial charge in [0.25, 0.3) is 0 Å². The summed E-state index contributed by atoms with van der Waals surface area (Å²) in [4.78, 5) is 14.1. The Bertz CT molecular complexity index is 744. The molecule has 2 amide bonds. The van der Waals surface area contributed by atoms with Crippen molar-refractivity contribution in [1.29, 1.82) is 0 Å². The minimum absolute atomic E-state index is 0.150. The third kappa shape index (κ3) is 2.70. The zero-order valence-electron chi connectivity index (χ0n) is 11.9. The van der Waals surface area contributed by atoms with Gasteiger partial charge in [0.05, 0.1) is 21.8 Å². The van der Waals surface area contributed by atoms with Gasteiger partial charge in [-0.15, -0.1) is 0 Å². The summed E-state index contributed by atoms with van der Waals surface area (Å²) >= 11 is 12.3. The van der Waals surface area contributed by atoms with Crippen molar-refractivity contribution in [2.75, 3.05) is 4.90 Å². The Hall–Kier alpha value is -1.97. The van der Waals surface area contributed by atoms with Crippen LogP contribution in [0.15, 0.2) is 60.3 Å². The van der Waals surface area contributed by atoms with E-state index >= 15 is 0 Å². The maximum Gasteiger partial charge on any atom is 0.327 e. The van der Waals surface area contributed by atoms with Crippen LogP contribution in [0.4, 0.5) is 10.5 Å². The predicted octanol–water partition coefficient (Wildman–Crippen LogP) is 5.17. The first kappa shape index (κ1) is 14.9. The number of halogens is 2. The zero-order chi connectivity index (χ0) is 15.7. The van der Waals surface area contributed by atoms with Crippen molar-refractivity contribution in [3.8, 4) is 0 Å². The van der Waals surface area contributed by atoms with Crippen molar-refractivity contribution in [2.45, 2.75) is 13.0 Å². The summed E-state index contributed by atoms with van der Waals surface area (Å²) in [6.45, 7) is 1.88. The molecule has 2 aromatic carbocycles. The fraction of sp³-hybridized carbons (Fsp3) is 0.118. The molecule has 112 valence electrons. The lowest BCUT2D eigenvalue weighted by molar-refractivity contribution is 0.244. The Morgan fingerprint density at radius 3 is 2.45 bits per heavy atom. The smallest absolute Gasteiger partial charge is 0.327 e. The molecule has 22 heavy (non-hydrogen) atoms. The van der Waals surface area contributed by atoms with E-state index in [4.69, 9.17) is 23.2 Å². The van der Waals surface area contributed by atoms with E-state index in [1.807, 2.05) is 43.3 Å². The molecule has 0 saturated heterocycles. The van der Waals surface area contributed by atoms with Crippen molar-refractivity contribution in [3.63, 3.8) is 0 Å². The van der Waals surface area contributed by atoms with Crippen molar-refractivity contribution in [2.24, 2.45) is 0 Å². The number of anilines is 1. The second-order valence-corrected chi connectivity index (χ2v) is 5.84. The summed E-state index contributed by atoms with van der Waals surface area (Å²) < 4.78 is 0. The van der Waals surface area contributed by atoms with E-state index in [1.165, 1.54) is 4.90 Å². The molecule has 1 atom stereocenters. The van der Waals surface area contributed by atoms with Crippen LogP contribution in [0, 0.1) is 0 Å². The van der Waals surface area contributed by atoms with Gasteiger partial charge in [0.15, 0.2) is 0 Å². The first-order valence-electron chi connectivity index (χ1n) is 6.86. The molecule has 2 aromatic rings. The molecule has 0 spiro atoms. The molecule has 1 N–H and O–H groups in total. The number of carbonyl (C=O) groups excluding carboxylic acids is 1. The molecule has 0 fully saturated rings. The third-order valence-electron chi connectivity index (χ3n) is 3.57. The molecule has 1 unspecified atom stereocenters. The highest BCUT2D eigenvalue weighted by atomic mass is 35.5. The lowest BCUT2D eigenvalue weighted by atomic mass is 10.0. The first-order valence-corrected chi connectivity index (χ1v) is 7.61. The van der Waals surface area contributed by atoms with Crippen molar-refractivity contribution >= 4 is 34.9 Å². The second kappa shape index (κ2) is 6.03. The van der Waals surface area contributed by atoms with Gasteiger partial charge in [-0.1, -0.05) is 59.6 Å². The van der Waals surface area contributed by atoms with E-state index in [2.05, 4.69) is 5.32 Å². The number of hydrogen-bond donors (Lipinski definition) is 1. The van der Waals surface area contributed by atoms with Crippen LogP contribution in [-0.2, 0) is 0 Å². The molecular formula is C17H14Cl2N2O. The molecule has 5 heteroatoms. The highest BCUT2D eigenvalue weighted by Gasteiger charge is 2.28. The fourth-order valence-electron chi connectivity index (χ4n) is 2.52. The molecule has 0 bridgehead atoms. The van der Waals surface area contributed by atoms with Gasteiger partial charge in [0.2, 0.25) is 0 Å². The standard InChI is InChI=1S/C17H14Cl2N2O/c1-11-10-14(12-6-3-2-4-7-12)20-17(22)21(11)15-9-5-8-13(18)16(15)19/h2-10,14H,1H3,(H,20,22). The molecule has 0 saturated carbocycles. The SMILES string of the molecule is CC1=CC(c2ccccc2)NC(=O)N1c1cccc(Cl)c1Cl. The van der Waals surface area contributed by atoms with E-state index < -0.39 is 0 Å². The summed E-state index contributed by atoms with van der Waals surface area (Å²) in [6, 6.07) is 14.7. The lowest BCUT2D eigenvalue weighted by Crippen LogP contribution is -2.44. The number of rotatable bonds is 2. The van der Waals surface area contributed by atoms with Gasteiger partial charge in [0, 0.05) is 5.70 Å². The Balaban J connectivity index is 1.99. The monoisotopic (exact) mass is 332 g/mol. The number of benzene rings is 2. The van der Waals surface area contributed by atoms with E-state index in [-0.39, 0.29) is 12.1 Å². The predicted molar refractivity (Wildman–Crippen MR) is 90.4 cm³/mol. The topological polar surface area (TPSA) is 32.3 Å². The van der Waals surface area contributed by atoms with E-state index in [0.29, 0.717) is 15.7 Å². The van der Waals surface area contributed by atoms with E-state index in [0.717, 1.165) is 11.3 Å². The summed E-state index contributed by atoms with van der Waals surface area (Å²) in [5.41, 5.74) is 2.42. The van der Waals surface area contributed by atoms with Crippen LogP contribution in [0.5, 0.6) is 0 Å². The number of urea groups is 1. The van der Waals surface area contributed by atoms with Gasteiger partial charge in [0.1, 0.15) is 0 Å². The van der Waals surface area contributed by atoms with Crippen molar-refractivity contribution in [1.82, 2.24) is 5.32 Å². The summed E-state index contributed by atoms with van der Waals surface area (Å²) in [5, 5.41) is 3.75. The van der Waals surface area contributed by atoms with Crippen LogP contribution in [0.25, 0.3) is 0 Å². The van der Waals surface area contributed by atoms with E-state index in [9.17, 15) is 4.79 Å². The molecule has 0 aromatic heterocycles. The largest absolute Gasteiger partial charge is 0.327 e. The van der Waals surface area contributed by atoms with E-state index in [1.54, 1.807) is 18.2 Å². The molecule has 1 aliphatic rings. The highest BCUT2D eigenvalue weighted by molar-refractivity contribution is 6.44. The zero-order valence-corrected chi connectivity index (χ0v) is 13.4. The van der Waals surface area contributed by atoms with Gasteiger partial charge in [-0.05, 0) is 30.7 Å². The second-order valence-electron chi connectivity index (χ2n) is 5.05. The van der Waals surface area contributed by atoms with Gasteiger partial charge in [-0.25, -0.2) is 4.79 Å². The van der Waals surface area contributed by atoms with Crippen LogP contribution >= 0.6 is 23.2 Å². The summed E-state index contributed by atoms with van der Waals surface area (Å²) in [5.74, 6) is 0. The first-order chi connectivity index (χ1) is 10.6. The van der Waals surface area contributed by atoms with Crippen molar-refractivity contribution < 1.29 is 4.79 Å². The summed E-state index contributed by atoms with van der Waals surface area (Å²) in [6.07, 6.45) is 1.99. The normalized spacial score (nSPS) is 18.0. The molecule has 1 heterocycles. The average molecular weight is 333 g/mol. The maximum atomic E-state index is 12.5. The number of carbonyl (C=O) groups is 1. The Morgan fingerprint density at radius 2 is 1.77 bits per heavy atom. The number of nitrogens with one attached hydrogen (secondary N) is 1.